The second-order valence-corrected chi connectivity index (χ2v) is 5.68. The van der Waals surface area contributed by atoms with Crippen molar-refractivity contribution in [1.29, 1.82) is 0 Å². The van der Waals surface area contributed by atoms with Crippen LogP contribution in [0.15, 0.2) is 18.2 Å². The molecule has 1 atom stereocenters. The molecular formula is C12H14Cl3NO. The summed E-state index contributed by atoms with van der Waals surface area (Å²) in [7, 11) is 0. The normalized spacial score (nSPS) is 14.2. The number of hydrogen-bond donors (Lipinski definition) is 1. The van der Waals surface area contributed by atoms with Crippen LogP contribution in [0.4, 0.5) is 5.69 Å². The van der Waals surface area contributed by atoms with Gasteiger partial charge < -0.3 is 5.32 Å². The van der Waals surface area contributed by atoms with Crippen molar-refractivity contribution in [1.82, 2.24) is 0 Å². The van der Waals surface area contributed by atoms with Crippen LogP contribution >= 0.6 is 34.8 Å². The number of amides is 1. The molecule has 0 saturated carbocycles. The second kappa shape index (κ2) is 5.94. The van der Waals surface area contributed by atoms with E-state index in [-0.39, 0.29) is 5.91 Å². The van der Waals surface area contributed by atoms with Crippen LogP contribution in [0.25, 0.3) is 0 Å². The van der Waals surface area contributed by atoms with Gasteiger partial charge in [-0.3, -0.25) is 4.79 Å². The van der Waals surface area contributed by atoms with Crippen LogP contribution in [-0.4, -0.2) is 10.8 Å². The van der Waals surface area contributed by atoms with Gasteiger partial charge in [0.15, 0.2) is 0 Å². The molecule has 0 aliphatic carbocycles. The Morgan fingerprint density at radius 2 is 2.00 bits per heavy atom. The summed E-state index contributed by atoms with van der Waals surface area (Å²) in [6, 6.07) is 4.91. The van der Waals surface area contributed by atoms with Gasteiger partial charge >= 0.3 is 0 Å². The lowest BCUT2D eigenvalue weighted by Crippen LogP contribution is -2.34. The van der Waals surface area contributed by atoms with Crippen LogP contribution < -0.4 is 5.32 Å². The number of carbonyl (C=O) groups is 1. The molecule has 0 bridgehead atoms. The van der Waals surface area contributed by atoms with Crippen molar-refractivity contribution in [3.8, 4) is 0 Å². The van der Waals surface area contributed by atoms with Gasteiger partial charge in [-0.15, -0.1) is 11.6 Å². The summed E-state index contributed by atoms with van der Waals surface area (Å²) < 4.78 is 0. The van der Waals surface area contributed by atoms with Crippen LogP contribution in [0.2, 0.25) is 10.0 Å². The molecule has 0 spiro atoms. The van der Waals surface area contributed by atoms with Gasteiger partial charge in [0.05, 0.1) is 10.0 Å². The number of nitrogens with one attached hydrogen (secondary N) is 1. The smallest absolute Gasteiger partial charge is 0.245 e. The molecule has 94 valence electrons. The maximum Gasteiger partial charge on any atom is 0.245 e. The summed E-state index contributed by atoms with van der Waals surface area (Å²) in [5, 5.41) is 3.57. The highest BCUT2D eigenvalue weighted by molar-refractivity contribution is 6.42. The minimum absolute atomic E-state index is 0.237. The number of rotatable bonds is 4. The standard InChI is InChI=1S/C12H14Cl3NO/c1-3-6-12(2,15)11(17)16-8-4-5-9(13)10(14)7-8/h4-5,7H,3,6H2,1-2H3,(H,16,17). The number of anilines is 1. The average Bonchev–Trinajstić information content (AvgIpc) is 2.23. The predicted molar refractivity (Wildman–Crippen MR) is 74.3 cm³/mol. The minimum atomic E-state index is -0.902. The van der Waals surface area contributed by atoms with Crippen molar-refractivity contribution in [3.05, 3.63) is 28.2 Å². The lowest BCUT2D eigenvalue weighted by Gasteiger charge is -2.20. The summed E-state index contributed by atoms with van der Waals surface area (Å²) in [5.41, 5.74) is 0.590. The van der Waals surface area contributed by atoms with Gasteiger partial charge in [-0.05, 0) is 31.5 Å². The highest BCUT2D eigenvalue weighted by Crippen LogP contribution is 2.27. The first kappa shape index (κ1) is 14.6. The third kappa shape index (κ3) is 4.06. The van der Waals surface area contributed by atoms with Gasteiger partial charge in [-0.25, -0.2) is 0 Å². The van der Waals surface area contributed by atoms with Gasteiger partial charge in [0.25, 0.3) is 0 Å². The Balaban J connectivity index is 2.77. The first-order valence-corrected chi connectivity index (χ1v) is 6.45. The molecule has 1 aromatic rings. The molecule has 0 aliphatic rings. The van der Waals surface area contributed by atoms with E-state index in [1.54, 1.807) is 25.1 Å². The van der Waals surface area contributed by atoms with E-state index in [9.17, 15) is 4.79 Å². The summed E-state index contributed by atoms with van der Waals surface area (Å²) in [6.45, 7) is 3.68. The number of benzene rings is 1. The van der Waals surface area contributed by atoms with Crippen LogP contribution in [0.3, 0.4) is 0 Å². The lowest BCUT2D eigenvalue weighted by atomic mass is 10.0. The van der Waals surface area contributed by atoms with Crippen LogP contribution in [0.5, 0.6) is 0 Å². The van der Waals surface area contributed by atoms with Gasteiger partial charge in [0.2, 0.25) is 5.91 Å². The van der Waals surface area contributed by atoms with Gasteiger partial charge in [-0.1, -0.05) is 36.5 Å². The van der Waals surface area contributed by atoms with E-state index in [4.69, 9.17) is 34.8 Å². The Labute approximate surface area is 116 Å². The molecular weight excluding hydrogens is 280 g/mol. The molecule has 17 heavy (non-hydrogen) atoms. The van der Waals surface area contributed by atoms with E-state index >= 15 is 0 Å². The average molecular weight is 295 g/mol. The summed E-state index contributed by atoms with van der Waals surface area (Å²) in [6.07, 6.45) is 1.45. The van der Waals surface area contributed by atoms with E-state index in [0.717, 1.165) is 6.42 Å². The van der Waals surface area contributed by atoms with E-state index in [0.29, 0.717) is 22.2 Å². The molecule has 0 heterocycles. The maximum absolute atomic E-state index is 11.9. The zero-order valence-electron chi connectivity index (χ0n) is 9.69. The maximum atomic E-state index is 11.9. The second-order valence-electron chi connectivity index (χ2n) is 4.03. The number of hydrogen-bond acceptors (Lipinski definition) is 1. The third-order valence-corrected chi connectivity index (χ3v) is 3.47. The van der Waals surface area contributed by atoms with Gasteiger partial charge in [0, 0.05) is 5.69 Å². The molecule has 0 aliphatic heterocycles. The van der Waals surface area contributed by atoms with Crippen molar-refractivity contribution >= 4 is 46.4 Å². The number of halogens is 3. The molecule has 5 heteroatoms. The molecule has 1 N–H and O–H groups in total. The minimum Gasteiger partial charge on any atom is -0.325 e. The summed E-state index contributed by atoms with van der Waals surface area (Å²) in [5.74, 6) is -0.237. The predicted octanol–water partition coefficient (Wildman–Crippen LogP) is 4.73. The lowest BCUT2D eigenvalue weighted by molar-refractivity contribution is -0.118. The van der Waals surface area contributed by atoms with E-state index < -0.39 is 4.87 Å². The Bertz CT molecular complexity index is 418. The first-order chi connectivity index (χ1) is 7.86. The van der Waals surface area contributed by atoms with Crippen molar-refractivity contribution in [2.24, 2.45) is 0 Å². The summed E-state index contributed by atoms with van der Waals surface area (Å²) >= 11 is 17.8. The Kier molecular flexibility index (Phi) is 5.11. The fraction of sp³-hybridized carbons (Fsp3) is 0.417. The fourth-order valence-corrected chi connectivity index (χ4v) is 1.95. The summed E-state index contributed by atoms with van der Waals surface area (Å²) in [4.78, 5) is 11.0. The van der Waals surface area contributed by atoms with Gasteiger partial charge in [-0.2, -0.15) is 0 Å². The van der Waals surface area contributed by atoms with E-state index in [2.05, 4.69) is 5.32 Å². The van der Waals surface area contributed by atoms with Gasteiger partial charge in [0.1, 0.15) is 4.87 Å². The van der Waals surface area contributed by atoms with E-state index in [1.165, 1.54) is 0 Å². The highest BCUT2D eigenvalue weighted by Gasteiger charge is 2.29. The molecule has 0 radical (unpaired) electrons. The van der Waals surface area contributed by atoms with E-state index in [1.807, 2.05) is 6.92 Å². The largest absolute Gasteiger partial charge is 0.325 e. The Morgan fingerprint density at radius 1 is 1.35 bits per heavy atom. The molecule has 1 aromatic carbocycles. The molecule has 1 amide bonds. The SMILES string of the molecule is CCCC(C)(Cl)C(=O)Nc1ccc(Cl)c(Cl)c1. The van der Waals surface area contributed by atoms with Crippen LogP contribution in [0.1, 0.15) is 26.7 Å². The number of alkyl halides is 1. The zero-order valence-corrected chi connectivity index (χ0v) is 12.0. The monoisotopic (exact) mass is 293 g/mol. The Hall–Kier alpha value is -0.440. The number of carbonyl (C=O) groups excluding carboxylic acids is 1. The molecule has 0 aromatic heterocycles. The quantitative estimate of drug-likeness (QED) is 0.799. The molecule has 1 unspecified atom stereocenters. The Morgan fingerprint density at radius 3 is 2.53 bits per heavy atom. The fourth-order valence-electron chi connectivity index (χ4n) is 1.42. The third-order valence-electron chi connectivity index (χ3n) is 2.37. The molecule has 2 nitrogen and oxygen atoms in total. The van der Waals surface area contributed by atoms with Crippen LogP contribution in [0, 0.1) is 0 Å². The molecule has 1 rings (SSSR count). The highest BCUT2D eigenvalue weighted by atomic mass is 35.5. The topological polar surface area (TPSA) is 29.1 Å². The molecule has 0 fully saturated rings. The van der Waals surface area contributed by atoms with Crippen molar-refractivity contribution in [2.75, 3.05) is 5.32 Å². The first-order valence-electron chi connectivity index (χ1n) is 5.32. The van der Waals surface area contributed by atoms with Crippen LogP contribution in [-0.2, 0) is 4.79 Å². The zero-order chi connectivity index (χ0) is 13.1. The van der Waals surface area contributed by atoms with Crippen molar-refractivity contribution < 1.29 is 4.79 Å². The molecule has 0 saturated heterocycles. The van der Waals surface area contributed by atoms with Crippen molar-refractivity contribution in [3.63, 3.8) is 0 Å². The van der Waals surface area contributed by atoms with Crippen molar-refractivity contribution in [2.45, 2.75) is 31.6 Å².